The Morgan fingerprint density at radius 2 is 0.878 bits per heavy atom. The zero-order chi connectivity index (χ0) is 29.8. The van der Waals surface area contributed by atoms with Crippen LogP contribution in [0.2, 0.25) is 0 Å². The van der Waals surface area contributed by atoms with Crippen LogP contribution < -0.4 is 31.0 Å². The van der Waals surface area contributed by atoms with Crippen LogP contribution in [-0.4, -0.2) is 32.1 Å². The maximum Gasteiger partial charge on any atom is 0.123 e. The molecular formula is C37H47N2P2+. The molecule has 0 atom stereocenters. The molecule has 214 valence electrons. The van der Waals surface area contributed by atoms with Crippen LogP contribution in [0, 0.1) is 27.7 Å². The van der Waals surface area contributed by atoms with Crippen LogP contribution in [0.15, 0.2) is 72.8 Å². The van der Waals surface area contributed by atoms with Gasteiger partial charge in [0.2, 0.25) is 0 Å². The van der Waals surface area contributed by atoms with Gasteiger partial charge in [0, 0.05) is 36.1 Å². The van der Waals surface area contributed by atoms with Crippen molar-refractivity contribution in [1.29, 1.82) is 0 Å². The number of benzene rings is 4. The van der Waals surface area contributed by atoms with Gasteiger partial charge in [-0.15, -0.1) is 0 Å². The minimum Gasteiger partial charge on any atom is -0.341 e. The molecule has 1 aliphatic rings. The van der Waals surface area contributed by atoms with Crippen LogP contribution in [0.1, 0.15) is 49.9 Å². The molecular weight excluding hydrogens is 534 g/mol. The average molecular weight is 582 g/mol. The maximum absolute atomic E-state index is 2.58. The van der Waals surface area contributed by atoms with Gasteiger partial charge in [0.25, 0.3) is 0 Å². The lowest BCUT2D eigenvalue weighted by Gasteiger charge is -2.38. The number of rotatable bonds is 2. The Balaban J connectivity index is 2.00. The predicted molar refractivity (Wildman–Crippen MR) is 189 cm³/mol. The highest BCUT2D eigenvalue weighted by atomic mass is 31.2. The molecule has 0 bridgehead atoms. The molecule has 4 aromatic rings. The van der Waals surface area contributed by atoms with Gasteiger partial charge in [0.15, 0.2) is 0 Å². The van der Waals surface area contributed by atoms with Gasteiger partial charge in [-0.2, -0.15) is 0 Å². The van der Waals surface area contributed by atoms with Crippen molar-refractivity contribution in [1.82, 2.24) is 0 Å². The summed E-state index contributed by atoms with van der Waals surface area (Å²) in [5.41, 5.74) is 11.6. The normalized spacial score (nSPS) is 18.8. The third-order valence-electron chi connectivity index (χ3n) is 9.04. The molecule has 1 aliphatic heterocycles. The number of anilines is 4. The summed E-state index contributed by atoms with van der Waals surface area (Å²) >= 11 is 0. The first-order valence-corrected chi connectivity index (χ1v) is 18.6. The second-order valence-electron chi connectivity index (χ2n) is 12.7. The van der Waals surface area contributed by atoms with Crippen molar-refractivity contribution in [3.05, 3.63) is 95.1 Å². The van der Waals surface area contributed by atoms with E-state index in [1.54, 1.807) is 0 Å². The second kappa shape index (κ2) is 11.2. The van der Waals surface area contributed by atoms with Gasteiger partial charge in [-0.05, 0) is 115 Å². The number of fused-ring (bicyclic) bond motifs is 4. The van der Waals surface area contributed by atoms with Gasteiger partial charge in [-0.3, -0.25) is 0 Å². The lowest BCUT2D eigenvalue weighted by atomic mass is 10.1. The Kier molecular flexibility index (Phi) is 8.15. The Morgan fingerprint density at radius 1 is 0.537 bits per heavy atom. The average Bonchev–Trinajstić information content (AvgIpc) is 2.91. The van der Waals surface area contributed by atoms with Crippen LogP contribution in [0.3, 0.4) is 0 Å². The molecule has 2 nitrogen and oxygen atoms in total. The highest BCUT2D eigenvalue weighted by molar-refractivity contribution is 7.90. The predicted octanol–water partition coefficient (Wildman–Crippen LogP) is 8.62. The summed E-state index contributed by atoms with van der Waals surface area (Å²) < 4.78 is 0. The maximum atomic E-state index is 2.58. The molecule has 4 aromatic carbocycles. The number of hydrogen-bond donors (Lipinski definition) is 0. The van der Waals surface area contributed by atoms with Crippen LogP contribution in [0.5, 0.6) is 0 Å². The molecule has 0 N–H and O–H groups in total. The van der Waals surface area contributed by atoms with Crippen LogP contribution in [0.4, 0.5) is 22.7 Å². The van der Waals surface area contributed by atoms with Gasteiger partial charge in [-0.1, -0.05) is 49.2 Å². The quantitative estimate of drug-likeness (QED) is 0.219. The second-order valence-corrected chi connectivity index (χ2v) is 19.6. The molecule has 0 fully saturated rings. The molecule has 0 radical (unpaired) electrons. The van der Waals surface area contributed by atoms with E-state index < -0.39 is 15.2 Å². The molecule has 0 saturated carbocycles. The lowest BCUT2D eigenvalue weighted by molar-refractivity contribution is 1.08. The summed E-state index contributed by atoms with van der Waals surface area (Å²) in [6.07, 6.45) is 0. The zero-order valence-electron chi connectivity index (χ0n) is 26.9. The monoisotopic (exact) mass is 581 g/mol. The number of hydrogen-bond acceptors (Lipinski definition) is 2. The summed E-state index contributed by atoms with van der Waals surface area (Å²) in [6.45, 7) is 21.2. The smallest absolute Gasteiger partial charge is 0.123 e. The number of nitrogens with zero attached hydrogens (tertiary/aromatic N) is 2. The summed E-state index contributed by atoms with van der Waals surface area (Å²) in [5.74, 6) is 0. The number of aryl methyl sites for hydroxylation is 4. The van der Waals surface area contributed by atoms with Crippen molar-refractivity contribution in [2.75, 3.05) is 30.6 Å². The molecule has 0 saturated heterocycles. The first kappa shape index (κ1) is 29.8. The third kappa shape index (κ3) is 5.13. The van der Waals surface area contributed by atoms with Gasteiger partial charge >= 0.3 is 0 Å². The summed E-state index contributed by atoms with van der Waals surface area (Å²) in [5, 5.41) is 5.94. The largest absolute Gasteiger partial charge is 0.341 e. The van der Waals surface area contributed by atoms with Crippen LogP contribution in [-0.2, 0) is 0 Å². The van der Waals surface area contributed by atoms with Gasteiger partial charge in [-0.25, -0.2) is 0 Å². The van der Waals surface area contributed by atoms with E-state index in [-0.39, 0.29) is 0 Å². The van der Waals surface area contributed by atoms with E-state index in [4.69, 9.17) is 0 Å². The molecule has 0 aromatic heterocycles. The van der Waals surface area contributed by atoms with E-state index in [0.717, 1.165) is 0 Å². The zero-order valence-corrected chi connectivity index (χ0v) is 28.7. The molecule has 0 aliphatic carbocycles. The van der Waals surface area contributed by atoms with E-state index >= 15 is 0 Å². The van der Waals surface area contributed by atoms with Gasteiger partial charge < -0.3 is 9.80 Å². The van der Waals surface area contributed by atoms with Crippen molar-refractivity contribution in [3.63, 3.8) is 0 Å². The minimum absolute atomic E-state index is 0.483. The fraction of sp³-hybridized carbons (Fsp3) is 0.351. The fourth-order valence-electron chi connectivity index (χ4n) is 6.43. The highest BCUT2D eigenvalue weighted by Crippen LogP contribution is 2.61. The van der Waals surface area contributed by atoms with Crippen LogP contribution >= 0.6 is 15.2 Å². The molecule has 1 heterocycles. The van der Waals surface area contributed by atoms with Crippen molar-refractivity contribution in [2.24, 2.45) is 0 Å². The Bertz CT molecular complexity index is 1490. The summed E-state index contributed by atoms with van der Waals surface area (Å²) in [4.78, 5) is 5.02. The molecule has 0 spiro atoms. The van der Waals surface area contributed by atoms with Crippen molar-refractivity contribution >= 4 is 59.2 Å². The van der Waals surface area contributed by atoms with Crippen molar-refractivity contribution in [3.8, 4) is 0 Å². The van der Waals surface area contributed by atoms with E-state index in [2.05, 4.69) is 159 Å². The highest BCUT2D eigenvalue weighted by Gasteiger charge is 2.46. The van der Waals surface area contributed by atoms with E-state index in [9.17, 15) is 0 Å². The van der Waals surface area contributed by atoms with Gasteiger partial charge in [0.1, 0.15) is 10.6 Å². The lowest BCUT2D eigenvalue weighted by Crippen LogP contribution is -2.37. The topological polar surface area (TPSA) is 6.48 Å². The van der Waals surface area contributed by atoms with Gasteiger partial charge in [0.05, 0.1) is 31.0 Å². The minimum atomic E-state index is -1.85. The molecule has 0 unspecified atom stereocenters. The van der Waals surface area contributed by atoms with E-state index in [1.807, 2.05) is 0 Å². The van der Waals surface area contributed by atoms with Crippen molar-refractivity contribution < 1.29 is 0 Å². The molecule has 0 amide bonds. The van der Waals surface area contributed by atoms with E-state index in [0.29, 0.717) is 11.3 Å². The molecule has 41 heavy (non-hydrogen) atoms. The van der Waals surface area contributed by atoms with E-state index in [1.165, 1.54) is 66.2 Å². The third-order valence-corrected chi connectivity index (χ3v) is 16.6. The van der Waals surface area contributed by atoms with Crippen molar-refractivity contribution in [2.45, 2.75) is 66.7 Å². The Labute approximate surface area is 250 Å². The summed E-state index contributed by atoms with van der Waals surface area (Å²) in [7, 11) is 2.10. The Hall–Kier alpha value is -2.66. The first-order valence-electron chi connectivity index (χ1n) is 14.9. The summed E-state index contributed by atoms with van der Waals surface area (Å²) in [6, 6.07) is 28.6. The van der Waals surface area contributed by atoms with Crippen LogP contribution in [0.25, 0.3) is 0 Å². The fourth-order valence-corrected chi connectivity index (χ4v) is 13.1. The standard InChI is InChI=1S/C37H47N2P2/c1-24(2)40-34-20-26(5)12-16-30(34)38(9)32-18-14-28(7)22-36(32)41(11,25(3)4)37-23-29(8)15-19-33(37)39(10)31-17-13-27(6)21-35(31)40/h12-25H,1-11H3/q+1. The Morgan fingerprint density at radius 3 is 1.22 bits per heavy atom. The SMILES string of the molecule is Cc1ccc2c(c1)P(C(C)C)c1cc(C)ccc1N(C)c1ccc(C)cc1[P+](C)(C(C)C)c1cc(C)ccc1N2C. The first-order chi connectivity index (χ1) is 19.3. The molecule has 5 rings (SSSR count). The molecule has 4 heteroatoms.